The second-order valence-corrected chi connectivity index (χ2v) is 5.23. The molecule has 1 amide bonds. The van der Waals surface area contributed by atoms with Gasteiger partial charge >= 0.3 is 0 Å². The van der Waals surface area contributed by atoms with E-state index in [-0.39, 0.29) is 29.9 Å². The van der Waals surface area contributed by atoms with E-state index in [4.69, 9.17) is 5.11 Å². The Morgan fingerprint density at radius 2 is 2.27 bits per heavy atom. The molecule has 2 unspecified atom stereocenters. The Balaban J connectivity index is 2.53. The normalized spacial score (nSPS) is 26.3. The van der Waals surface area contributed by atoms with Gasteiger partial charge in [0.25, 0.3) is 0 Å². The molecule has 88 valence electrons. The first-order valence-electron chi connectivity index (χ1n) is 5.92. The third-order valence-corrected chi connectivity index (χ3v) is 3.63. The molecule has 15 heavy (non-hydrogen) atoms. The molecule has 0 spiro atoms. The van der Waals surface area contributed by atoms with Gasteiger partial charge in [-0.3, -0.25) is 4.79 Å². The first kappa shape index (κ1) is 12.5. The number of hydrogen-bond acceptors (Lipinski definition) is 2. The Bertz CT molecular complexity index is 222. The highest BCUT2D eigenvalue weighted by Crippen LogP contribution is 2.42. The first-order valence-corrected chi connectivity index (χ1v) is 5.92. The van der Waals surface area contributed by atoms with E-state index in [0.717, 1.165) is 25.7 Å². The zero-order valence-corrected chi connectivity index (χ0v) is 10.0. The predicted octanol–water partition coefficient (Wildman–Crippen LogP) is 1.70. The quantitative estimate of drug-likeness (QED) is 0.746. The average Bonchev–Trinajstić information content (AvgIpc) is 2.54. The van der Waals surface area contributed by atoms with E-state index in [1.54, 1.807) is 0 Å². The van der Waals surface area contributed by atoms with Crippen molar-refractivity contribution >= 4 is 5.91 Å². The van der Waals surface area contributed by atoms with Crippen molar-refractivity contribution in [2.75, 3.05) is 6.61 Å². The SMILES string of the molecule is CCC(CO)NC(=O)C1CCCC1(C)C. The smallest absolute Gasteiger partial charge is 0.223 e. The first-order chi connectivity index (χ1) is 7.01. The van der Waals surface area contributed by atoms with Crippen LogP contribution in [0, 0.1) is 11.3 Å². The van der Waals surface area contributed by atoms with Crippen molar-refractivity contribution in [2.24, 2.45) is 11.3 Å². The van der Waals surface area contributed by atoms with Gasteiger partial charge in [0.15, 0.2) is 0 Å². The molecule has 1 aliphatic carbocycles. The van der Waals surface area contributed by atoms with Gasteiger partial charge in [-0.25, -0.2) is 0 Å². The summed E-state index contributed by atoms with van der Waals surface area (Å²) in [5.41, 5.74) is 0.123. The van der Waals surface area contributed by atoms with Crippen LogP contribution in [0.25, 0.3) is 0 Å². The van der Waals surface area contributed by atoms with Gasteiger partial charge in [-0.1, -0.05) is 27.2 Å². The molecule has 0 aromatic carbocycles. The summed E-state index contributed by atoms with van der Waals surface area (Å²) in [6.45, 7) is 6.32. The molecule has 0 saturated heterocycles. The highest BCUT2D eigenvalue weighted by Gasteiger charge is 2.39. The largest absolute Gasteiger partial charge is 0.394 e. The van der Waals surface area contributed by atoms with Gasteiger partial charge < -0.3 is 10.4 Å². The van der Waals surface area contributed by atoms with Crippen LogP contribution in [-0.4, -0.2) is 23.7 Å². The molecule has 0 aromatic heterocycles. The number of amides is 1. The fraction of sp³-hybridized carbons (Fsp3) is 0.917. The summed E-state index contributed by atoms with van der Waals surface area (Å²) in [7, 11) is 0. The van der Waals surface area contributed by atoms with Gasteiger partial charge in [-0.15, -0.1) is 0 Å². The van der Waals surface area contributed by atoms with E-state index in [1.165, 1.54) is 0 Å². The maximum atomic E-state index is 12.0. The number of nitrogens with one attached hydrogen (secondary N) is 1. The molecule has 3 nitrogen and oxygen atoms in total. The van der Waals surface area contributed by atoms with Crippen LogP contribution < -0.4 is 5.32 Å². The topological polar surface area (TPSA) is 49.3 Å². The van der Waals surface area contributed by atoms with Crippen LogP contribution in [0.1, 0.15) is 46.5 Å². The summed E-state index contributed by atoms with van der Waals surface area (Å²) in [4.78, 5) is 12.0. The maximum Gasteiger partial charge on any atom is 0.223 e. The van der Waals surface area contributed by atoms with Crippen molar-refractivity contribution in [2.45, 2.75) is 52.5 Å². The summed E-state index contributed by atoms with van der Waals surface area (Å²) >= 11 is 0. The van der Waals surface area contributed by atoms with Gasteiger partial charge in [0.2, 0.25) is 5.91 Å². The van der Waals surface area contributed by atoms with Gasteiger partial charge in [-0.05, 0) is 24.7 Å². The molecule has 1 aliphatic rings. The summed E-state index contributed by atoms with van der Waals surface area (Å²) in [6.07, 6.45) is 4.04. The molecule has 0 heterocycles. The Labute approximate surface area is 92.3 Å². The standard InChI is InChI=1S/C12H23NO2/c1-4-9(8-14)13-11(15)10-6-5-7-12(10,2)3/h9-10,14H,4-8H2,1-3H3,(H,13,15). The van der Waals surface area contributed by atoms with Crippen molar-refractivity contribution in [3.8, 4) is 0 Å². The lowest BCUT2D eigenvalue weighted by Gasteiger charge is -2.27. The van der Waals surface area contributed by atoms with Gasteiger partial charge in [0.05, 0.1) is 12.6 Å². The summed E-state index contributed by atoms with van der Waals surface area (Å²) in [5.74, 6) is 0.247. The molecule has 0 aromatic rings. The van der Waals surface area contributed by atoms with Gasteiger partial charge in [0.1, 0.15) is 0 Å². The van der Waals surface area contributed by atoms with E-state index in [2.05, 4.69) is 19.2 Å². The highest BCUT2D eigenvalue weighted by molar-refractivity contribution is 5.80. The van der Waals surface area contributed by atoms with Crippen LogP contribution in [0.5, 0.6) is 0 Å². The van der Waals surface area contributed by atoms with E-state index in [1.807, 2.05) is 6.92 Å². The fourth-order valence-corrected chi connectivity index (χ4v) is 2.39. The van der Waals surface area contributed by atoms with E-state index >= 15 is 0 Å². The molecule has 1 rings (SSSR count). The molecule has 0 bridgehead atoms. The summed E-state index contributed by atoms with van der Waals surface area (Å²) < 4.78 is 0. The van der Waals surface area contributed by atoms with Crippen molar-refractivity contribution < 1.29 is 9.90 Å². The fourth-order valence-electron chi connectivity index (χ4n) is 2.39. The van der Waals surface area contributed by atoms with Gasteiger partial charge in [-0.2, -0.15) is 0 Å². The van der Waals surface area contributed by atoms with E-state index in [0.29, 0.717) is 0 Å². The Morgan fingerprint density at radius 3 is 2.67 bits per heavy atom. The van der Waals surface area contributed by atoms with Crippen LogP contribution in [-0.2, 0) is 4.79 Å². The zero-order chi connectivity index (χ0) is 11.5. The van der Waals surface area contributed by atoms with Crippen LogP contribution in [0.2, 0.25) is 0 Å². The Hall–Kier alpha value is -0.570. The van der Waals surface area contributed by atoms with Gasteiger partial charge in [0, 0.05) is 5.92 Å². The predicted molar refractivity (Wildman–Crippen MR) is 60.4 cm³/mol. The minimum Gasteiger partial charge on any atom is -0.394 e. The number of aliphatic hydroxyl groups excluding tert-OH is 1. The van der Waals surface area contributed by atoms with Crippen LogP contribution >= 0.6 is 0 Å². The van der Waals surface area contributed by atoms with E-state index < -0.39 is 0 Å². The van der Waals surface area contributed by atoms with Crippen LogP contribution in [0.15, 0.2) is 0 Å². The van der Waals surface area contributed by atoms with Crippen molar-refractivity contribution in [1.29, 1.82) is 0 Å². The number of rotatable bonds is 4. The molecule has 1 saturated carbocycles. The lowest BCUT2D eigenvalue weighted by molar-refractivity contribution is -0.128. The van der Waals surface area contributed by atoms with E-state index in [9.17, 15) is 4.79 Å². The molecule has 0 aliphatic heterocycles. The molecule has 0 radical (unpaired) electrons. The second kappa shape index (κ2) is 4.97. The monoisotopic (exact) mass is 213 g/mol. The summed E-state index contributed by atoms with van der Waals surface area (Å²) in [5, 5.41) is 12.0. The second-order valence-electron chi connectivity index (χ2n) is 5.23. The van der Waals surface area contributed by atoms with Crippen molar-refractivity contribution in [3.63, 3.8) is 0 Å². The lowest BCUT2D eigenvalue weighted by Crippen LogP contribution is -2.43. The average molecular weight is 213 g/mol. The maximum absolute atomic E-state index is 12.0. The third-order valence-electron chi connectivity index (χ3n) is 3.63. The Morgan fingerprint density at radius 1 is 1.60 bits per heavy atom. The minimum atomic E-state index is -0.0751. The molecule has 3 heteroatoms. The number of aliphatic hydroxyl groups is 1. The minimum absolute atomic E-state index is 0.0371. The number of hydrogen-bond donors (Lipinski definition) is 2. The lowest BCUT2D eigenvalue weighted by atomic mass is 9.81. The van der Waals surface area contributed by atoms with Crippen molar-refractivity contribution in [3.05, 3.63) is 0 Å². The van der Waals surface area contributed by atoms with Crippen LogP contribution in [0.4, 0.5) is 0 Å². The number of carbonyl (C=O) groups excluding carboxylic acids is 1. The molecular formula is C12H23NO2. The highest BCUT2D eigenvalue weighted by atomic mass is 16.3. The number of carbonyl (C=O) groups is 1. The van der Waals surface area contributed by atoms with Crippen LogP contribution in [0.3, 0.4) is 0 Å². The molecule has 1 fully saturated rings. The molecule has 2 atom stereocenters. The van der Waals surface area contributed by atoms with Crippen molar-refractivity contribution in [1.82, 2.24) is 5.32 Å². The zero-order valence-electron chi connectivity index (χ0n) is 10.0. The third kappa shape index (κ3) is 2.94. The molecular weight excluding hydrogens is 190 g/mol. The Kier molecular flexibility index (Phi) is 4.14. The molecule has 2 N–H and O–H groups in total. The summed E-state index contributed by atoms with van der Waals surface area (Å²) in [6, 6.07) is -0.0751.